The molecule has 0 fully saturated rings. The van der Waals surface area contributed by atoms with Crippen LogP contribution < -0.4 is 4.74 Å². The van der Waals surface area contributed by atoms with E-state index in [1.807, 2.05) is 0 Å². The lowest BCUT2D eigenvalue weighted by atomic mass is 9.94. The molecule has 0 bridgehead atoms. The molecular weight excluding hydrogens is 349 g/mol. The highest BCUT2D eigenvalue weighted by Gasteiger charge is 2.19. The van der Waals surface area contributed by atoms with Crippen LogP contribution in [0.25, 0.3) is 22.0 Å². The number of benzene rings is 2. The predicted octanol–water partition coefficient (Wildman–Crippen LogP) is 4.06. The Morgan fingerprint density at radius 1 is 1.11 bits per heavy atom. The van der Waals surface area contributed by atoms with Crippen LogP contribution in [0.3, 0.4) is 0 Å². The molecule has 0 radical (unpaired) electrons. The van der Waals surface area contributed by atoms with Crippen molar-refractivity contribution in [3.63, 3.8) is 0 Å². The Morgan fingerprint density at radius 3 is 2.33 bits per heavy atom. The number of hydrogen-bond donors (Lipinski definition) is 1. The van der Waals surface area contributed by atoms with Crippen molar-refractivity contribution in [1.29, 1.82) is 0 Å². The zero-order valence-electron chi connectivity index (χ0n) is 15.5. The van der Waals surface area contributed by atoms with Gasteiger partial charge in [-0.3, -0.25) is 0 Å². The van der Waals surface area contributed by atoms with Crippen molar-refractivity contribution in [2.75, 3.05) is 14.2 Å². The molecule has 2 aromatic carbocycles. The van der Waals surface area contributed by atoms with Crippen LogP contribution in [0, 0.1) is 5.82 Å². The van der Waals surface area contributed by atoms with Crippen LogP contribution in [0.15, 0.2) is 42.5 Å². The third kappa shape index (κ3) is 3.61. The van der Waals surface area contributed by atoms with Crippen LogP contribution in [0.5, 0.6) is 5.75 Å². The van der Waals surface area contributed by atoms with E-state index in [-0.39, 0.29) is 5.69 Å². The summed E-state index contributed by atoms with van der Waals surface area (Å²) in [5.41, 5.74) is 1.45. The second-order valence-electron chi connectivity index (χ2n) is 6.69. The number of aliphatic hydroxyl groups is 1. The van der Waals surface area contributed by atoms with E-state index in [0.29, 0.717) is 27.8 Å². The monoisotopic (exact) mass is 369 g/mol. The van der Waals surface area contributed by atoms with Crippen molar-refractivity contribution < 1.29 is 23.8 Å². The molecule has 0 aliphatic carbocycles. The molecule has 3 rings (SSSR count). The van der Waals surface area contributed by atoms with E-state index in [1.54, 1.807) is 38.1 Å². The van der Waals surface area contributed by atoms with Crippen LogP contribution in [0.1, 0.15) is 29.9 Å². The highest BCUT2D eigenvalue weighted by atomic mass is 19.1. The van der Waals surface area contributed by atoms with Crippen LogP contribution in [-0.2, 0) is 10.3 Å². The van der Waals surface area contributed by atoms with Gasteiger partial charge in [0.05, 0.1) is 25.3 Å². The summed E-state index contributed by atoms with van der Waals surface area (Å²) < 4.78 is 24.4. The van der Waals surface area contributed by atoms with Crippen molar-refractivity contribution in [1.82, 2.24) is 4.98 Å². The first-order valence-electron chi connectivity index (χ1n) is 8.34. The summed E-state index contributed by atoms with van der Waals surface area (Å²) >= 11 is 0. The van der Waals surface area contributed by atoms with Gasteiger partial charge >= 0.3 is 5.97 Å². The molecule has 27 heavy (non-hydrogen) atoms. The summed E-state index contributed by atoms with van der Waals surface area (Å²) in [6.07, 6.45) is 0. The molecule has 0 unspecified atom stereocenters. The SMILES string of the molecule is COC(=O)c1cc(OC)c2cc(F)cc(-c3ccc(C(C)(C)O)cc3)c2n1. The van der Waals surface area contributed by atoms with Gasteiger partial charge < -0.3 is 14.6 Å². The molecule has 140 valence electrons. The Labute approximate surface area is 156 Å². The first-order chi connectivity index (χ1) is 12.7. The van der Waals surface area contributed by atoms with Crippen molar-refractivity contribution in [2.24, 2.45) is 0 Å². The first-order valence-corrected chi connectivity index (χ1v) is 8.34. The van der Waals surface area contributed by atoms with E-state index in [9.17, 15) is 14.3 Å². The largest absolute Gasteiger partial charge is 0.496 e. The van der Waals surface area contributed by atoms with Crippen LogP contribution in [0.2, 0.25) is 0 Å². The van der Waals surface area contributed by atoms with Crippen molar-refractivity contribution in [3.8, 4) is 16.9 Å². The molecule has 0 aliphatic rings. The average Bonchev–Trinajstić information content (AvgIpc) is 2.65. The molecule has 0 aliphatic heterocycles. The molecule has 0 spiro atoms. The highest BCUT2D eigenvalue weighted by Crippen LogP contribution is 2.35. The number of aromatic nitrogens is 1. The van der Waals surface area contributed by atoms with E-state index in [2.05, 4.69) is 4.98 Å². The van der Waals surface area contributed by atoms with Crippen LogP contribution >= 0.6 is 0 Å². The Kier molecular flexibility index (Phi) is 4.85. The quantitative estimate of drug-likeness (QED) is 0.702. The normalized spacial score (nSPS) is 11.5. The van der Waals surface area contributed by atoms with Crippen LogP contribution in [-0.4, -0.2) is 30.3 Å². The number of hydrogen-bond acceptors (Lipinski definition) is 5. The minimum absolute atomic E-state index is 0.0721. The number of nitrogens with zero attached hydrogens (tertiary/aromatic N) is 1. The van der Waals surface area contributed by atoms with Gasteiger partial charge in [-0.2, -0.15) is 0 Å². The van der Waals surface area contributed by atoms with E-state index >= 15 is 0 Å². The smallest absolute Gasteiger partial charge is 0.356 e. The lowest BCUT2D eigenvalue weighted by molar-refractivity contribution is 0.0594. The number of esters is 1. The van der Waals surface area contributed by atoms with Gasteiger partial charge in [0, 0.05) is 17.0 Å². The van der Waals surface area contributed by atoms with Crippen molar-refractivity contribution >= 4 is 16.9 Å². The highest BCUT2D eigenvalue weighted by molar-refractivity contribution is 6.00. The third-order valence-corrected chi connectivity index (χ3v) is 4.36. The van der Waals surface area contributed by atoms with Gasteiger partial charge in [0.15, 0.2) is 5.69 Å². The Bertz CT molecular complexity index is 1010. The molecule has 0 atom stereocenters. The summed E-state index contributed by atoms with van der Waals surface area (Å²) in [5.74, 6) is -0.730. The minimum atomic E-state index is -0.984. The van der Waals surface area contributed by atoms with Gasteiger partial charge in [0.2, 0.25) is 0 Å². The molecule has 5 nitrogen and oxygen atoms in total. The maximum absolute atomic E-state index is 14.3. The van der Waals surface area contributed by atoms with Gasteiger partial charge in [-0.1, -0.05) is 24.3 Å². The summed E-state index contributed by atoms with van der Waals surface area (Å²) in [6.45, 7) is 3.38. The lowest BCUT2D eigenvalue weighted by Gasteiger charge is -2.18. The molecule has 1 aromatic heterocycles. The first kappa shape index (κ1) is 18.8. The van der Waals surface area contributed by atoms with E-state index in [1.165, 1.54) is 32.4 Å². The van der Waals surface area contributed by atoms with Gasteiger partial charge in [-0.25, -0.2) is 14.2 Å². The molecule has 0 saturated heterocycles. The average molecular weight is 369 g/mol. The third-order valence-electron chi connectivity index (χ3n) is 4.36. The van der Waals surface area contributed by atoms with Crippen molar-refractivity contribution in [2.45, 2.75) is 19.4 Å². The lowest BCUT2D eigenvalue weighted by Crippen LogP contribution is -2.14. The number of fused-ring (bicyclic) bond motifs is 1. The minimum Gasteiger partial charge on any atom is -0.496 e. The summed E-state index contributed by atoms with van der Waals surface area (Å²) in [4.78, 5) is 16.3. The molecule has 6 heteroatoms. The fraction of sp³-hybridized carbons (Fsp3) is 0.238. The van der Waals surface area contributed by atoms with Gasteiger partial charge in [-0.05, 0) is 37.1 Å². The summed E-state index contributed by atoms with van der Waals surface area (Å²) in [5, 5.41) is 10.6. The zero-order valence-corrected chi connectivity index (χ0v) is 15.5. The number of pyridine rings is 1. The number of methoxy groups -OCH3 is 2. The fourth-order valence-corrected chi connectivity index (χ4v) is 2.92. The number of rotatable bonds is 4. The van der Waals surface area contributed by atoms with E-state index < -0.39 is 17.4 Å². The molecule has 3 aromatic rings. The Hall–Kier alpha value is -2.99. The second-order valence-corrected chi connectivity index (χ2v) is 6.69. The maximum Gasteiger partial charge on any atom is 0.356 e. The Morgan fingerprint density at radius 2 is 1.78 bits per heavy atom. The molecule has 0 saturated carbocycles. The standard InChI is InChI=1S/C21H20FNO4/c1-21(2,25)13-7-5-12(6-8-13)15-9-14(22)10-16-18(26-3)11-17(20(24)27-4)23-19(15)16/h5-11,25H,1-4H3. The van der Waals surface area contributed by atoms with Gasteiger partial charge in [-0.15, -0.1) is 0 Å². The molecular formula is C21H20FNO4. The number of ether oxygens (including phenoxy) is 2. The predicted molar refractivity (Wildman–Crippen MR) is 100 cm³/mol. The number of carbonyl (C=O) groups excluding carboxylic acids is 1. The second kappa shape index (κ2) is 6.96. The molecule has 1 heterocycles. The Balaban J connectivity index is 2.27. The van der Waals surface area contributed by atoms with E-state index in [4.69, 9.17) is 9.47 Å². The topological polar surface area (TPSA) is 68.7 Å². The van der Waals surface area contributed by atoms with E-state index in [0.717, 1.165) is 5.56 Å². The fourth-order valence-electron chi connectivity index (χ4n) is 2.92. The van der Waals surface area contributed by atoms with Crippen LogP contribution in [0.4, 0.5) is 4.39 Å². The van der Waals surface area contributed by atoms with Gasteiger partial charge in [0.25, 0.3) is 0 Å². The summed E-state index contributed by atoms with van der Waals surface area (Å²) in [6, 6.07) is 11.2. The summed E-state index contributed by atoms with van der Waals surface area (Å²) in [7, 11) is 2.71. The number of halogens is 1. The zero-order chi connectivity index (χ0) is 19.8. The molecule has 0 amide bonds. The van der Waals surface area contributed by atoms with Crippen molar-refractivity contribution in [3.05, 3.63) is 59.5 Å². The molecule has 1 N–H and O–H groups in total. The van der Waals surface area contributed by atoms with Gasteiger partial charge in [0.1, 0.15) is 11.6 Å². The number of carbonyl (C=O) groups is 1. The maximum atomic E-state index is 14.3.